The van der Waals surface area contributed by atoms with Crippen molar-refractivity contribution in [2.45, 2.75) is 32.4 Å². The van der Waals surface area contributed by atoms with Crippen LogP contribution < -0.4 is 16.0 Å². The van der Waals surface area contributed by atoms with E-state index in [1.165, 1.54) is 17.2 Å². The average molecular weight is 496 g/mol. The zero-order valence-corrected chi connectivity index (χ0v) is 19.4. The molecule has 1 aliphatic heterocycles. The molecule has 0 saturated carbocycles. The Hall–Kier alpha value is -4.22. The fourth-order valence-corrected chi connectivity index (χ4v) is 4.14. The van der Waals surface area contributed by atoms with Crippen LogP contribution >= 0.6 is 0 Å². The monoisotopic (exact) mass is 496 g/mol. The third-order valence-corrected chi connectivity index (χ3v) is 6.11. The van der Waals surface area contributed by atoms with Gasteiger partial charge in [-0.2, -0.15) is 0 Å². The molecule has 1 aromatic carbocycles. The summed E-state index contributed by atoms with van der Waals surface area (Å²) in [4.78, 5) is 30.8. The molecule has 5 rings (SSSR count). The van der Waals surface area contributed by atoms with Crippen molar-refractivity contribution in [3.05, 3.63) is 71.4 Å². The maximum Gasteiger partial charge on any atom is 0.271 e. The van der Waals surface area contributed by atoms with E-state index in [1.807, 2.05) is 0 Å². The smallest absolute Gasteiger partial charge is 0.271 e. The van der Waals surface area contributed by atoms with Crippen LogP contribution in [0.3, 0.4) is 0 Å². The van der Waals surface area contributed by atoms with Crippen LogP contribution in [0.5, 0.6) is 0 Å². The van der Waals surface area contributed by atoms with Crippen LogP contribution in [0.2, 0.25) is 0 Å². The van der Waals surface area contributed by atoms with Gasteiger partial charge < -0.3 is 20.5 Å². The maximum absolute atomic E-state index is 14.5. The third-order valence-electron chi connectivity index (χ3n) is 6.11. The summed E-state index contributed by atoms with van der Waals surface area (Å²) in [6, 6.07) is 4.65. The van der Waals surface area contributed by atoms with E-state index >= 15 is 0 Å². The maximum atomic E-state index is 14.5. The van der Waals surface area contributed by atoms with Crippen LogP contribution in [0.1, 0.15) is 33.9 Å². The number of carbonyl (C=O) groups is 1. The largest absolute Gasteiger partial charge is 0.383 e. The Bertz CT molecular complexity index is 1440. The van der Waals surface area contributed by atoms with Crippen molar-refractivity contribution in [3.8, 4) is 0 Å². The van der Waals surface area contributed by atoms with Gasteiger partial charge in [0.05, 0.1) is 13.1 Å². The molecule has 1 amide bonds. The van der Waals surface area contributed by atoms with Gasteiger partial charge in [-0.05, 0) is 30.5 Å². The highest BCUT2D eigenvalue weighted by molar-refractivity contribution is 5.93. The van der Waals surface area contributed by atoms with E-state index in [4.69, 9.17) is 5.73 Å². The molecular weight excluding hydrogens is 473 g/mol. The standard InChI is InChI=1S/C24H23F3N8O/c1-14-33-20(22(36)30-10-17-6-16-2-4-29-21(28)18(16)7-19(17)25)12-35(14)11-15-8-31-23(32-9-15)34-5-3-24(26,27)13-34/h2,4,6-9,12H,3,5,10-11,13H2,1H3,(H2,28,29)(H,30,36). The van der Waals surface area contributed by atoms with Gasteiger partial charge in [-0.1, -0.05) is 0 Å². The van der Waals surface area contributed by atoms with E-state index < -0.39 is 17.6 Å². The van der Waals surface area contributed by atoms with E-state index in [1.54, 1.807) is 42.2 Å². The van der Waals surface area contributed by atoms with Crippen LogP contribution in [-0.2, 0) is 13.1 Å². The topological polar surface area (TPSA) is 115 Å². The number of aromatic nitrogens is 5. The molecule has 0 atom stereocenters. The highest BCUT2D eigenvalue weighted by atomic mass is 19.3. The number of alkyl halides is 2. The highest BCUT2D eigenvalue weighted by Gasteiger charge is 2.39. The quantitative estimate of drug-likeness (QED) is 0.422. The number of nitrogens with two attached hydrogens (primary N) is 1. The van der Waals surface area contributed by atoms with E-state index in [2.05, 4.69) is 25.3 Å². The molecule has 3 N–H and O–H groups in total. The van der Waals surface area contributed by atoms with E-state index in [-0.39, 0.29) is 43.5 Å². The predicted octanol–water partition coefficient (Wildman–Crippen LogP) is 3.07. The number of nitrogens with zero attached hydrogens (tertiary/aromatic N) is 6. The SMILES string of the molecule is Cc1nc(C(=O)NCc2cc3ccnc(N)c3cc2F)cn1Cc1cnc(N2CCC(F)(F)C2)nc1. The van der Waals surface area contributed by atoms with Crippen LogP contribution in [0.15, 0.2) is 43.0 Å². The zero-order valence-electron chi connectivity index (χ0n) is 19.4. The van der Waals surface area contributed by atoms with Crippen molar-refractivity contribution in [2.24, 2.45) is 0 Å². The molecule has 12 heteroatoms. The molecule has 0 unspecified atom stereocenters. The number of rotatable bonds is 6. The molecule has 36 heavy (non-hydrogen) atoms. The first-order chi connectivity index (χ1) is 17.2. The number of hydrogen-bond donors (Lipinski definition) is 2. The minimum atomic E-state index is -2.72. The predicted molar refractivity (Wildman–Crippen MR) is 127 cm³/mol. The lowest BCUT2D eigenvalue weighted by Crippen LogP contribution is -2.26. The molecule has 1 aliphatic rings. The first-order valence-electron chi connectivity index (χ1n) is 11.3. The molecule has 186 valence electrons. The van der Waals surface area contributed by atoms with E-state index in [9.17, 15) is 18.0 Å². The van der Waals surface area contributed by atoms with Gasteiger partial charge in [0.15, 0.2) is 0 Å². The number of amides is 1. The van der Waals surface area contributed by atoms with Gasteiger partial charge in [-0.15, -0.1) is 0 Å². The summed E-state index contributed by atoms with van der Waals surface area (Å²) in [5, 5.41) is 3.92. The number of aryl methyl sites for hydroxylation is 1. The summed E-state index contributed by atoms with van der Waals surface area (Å²) >= 11 is 0. The van der Waals surface area contributed by atoms with Gasteiger partial charge in [0.1, 0.15) is 23.2 Å². The van der Waals surface area contributed by atoms with Crippen LogP contribution in [0.25, 0.3) is 10.8 Å². The van der Waals surface area contributed by atoms with Crippen LogP contribution in [0, 0.1) is 12.7 Å². The van der Waals surface area contributed by atoms with Crippen LogP contribution in [0.4, 0.5) is 24.9 Å². The number of anilines is 2. The summed E-state index contributed by atoms with van der Waals surface area (Å²) in [7, 11) is 0. The first-order valence-corrected chi connectivity index (χ1v) is 11.3. The van der Waals surface area contributed by atoms with Crippen molar-refractivity contribution in [2.75, 3.05) is 23.7 Å². The number of nitrogen functional groups attached to an aromatic ring is 1. The van der Waals surface area contributed by atoms with Gasteiger partial charge in [-0.3, -0.25) is 4.79 Å². The Morgan fingerprint density at radius 3 is 2.72 bits per heavy atom. The highest BCUT2D eigenvalue weighted by Crippen LogP contribution is 2.29. The lowest BCUT2D eigenvalue weighted by molar-refractivity contribution is 0.0256. The molecule has 0 radical (unpaired) electrons. The number of halogens is 3. The Kier molecular flexibility index (Phi) is 5.94. The summed E-state index contributed by atoms with van der Waals surface area (Å²) < 4.78 is 43.2. The van der Waals surface area contributed by atoms with Crippen molar-refractivity contribution in [3.63, 3.8) is 0 Å². The number of hydrogen-bond acceptors (Lipinski definition) is 7. The molecule has 4 aromatic rings. The van der Waals surface area contributed by atoms with E-state index in [0.29, 0.717) is 23.3 Å². The van der Waals surface area contributed by atoms with Crippen molar-refractivity contribution in [1.82, 2.24) is 29.8 Å². The second-order valence-electron chi connectivity index (χ2n) is 8.76. The molecular formula is C24H23F3N8O. The lowest BCUT2D eigenvalue weighted by atomic mass is 10.1. The molecule has 4 heterocycles. The second kappa shape index (κ2) is 9.10. The van der Waals surface area contributed by atoms with E-state index in [0.717, 1.165) is 10.9 Å². The van der Waals surface area contributed by atoms with Gasteiger partial charge in [0.2, 0.25) is 5.95 Å². The number of pyridine rings is 1. The minimum Gasteiger partial charge on any atom is -0.383 e. The summed E-state index contributed by atoms with van der Waals surface area (Å²) in [6.07, 6.45) is 6.06. The van der Waals surface area contributed by atoms with Crippen molar-refractivity contribution < 1.29 is 18.0 Å². The molecule has 9 nitrogen and oxygen atoms in total. The Labute approximate surface area is 204 Å². The summed E-state index contributed by atoms with van der Waals surface area (Å²) in [6.45, 7) is 1.89. The lowest BCUT2D eigenvalue weighted by Gasteiger charge is -2.15. The molecule has 1 fully saturated rings. The van der Waals surface area contributed by atoms with Gasteiger partial charge in [-0.25, -0.2) is 33.1 Å². The van der Waals surface area contributed by atoms with Gasteiger partial charge in [0.25, 0.3) is 11.8 Å². The second-order valence-corrected chi connectivity index (χ2v) is 8.76. The number of nitrogens with one attached hydrogen (secondary N) is 1. The molecule has 0 bridgehead atoms. The van der Waals surface area contributed by atoms with Gasteiger partial charge >= 0.3 is 0 Å². The summed E-state index contributed by atoms with van der Waals surface area (Å²) in [5.74, 6) is -2.59. The number of carbonyl (C=O) groups excluding carboxylic acids is 1. The van der Waals surface area contributed by atoms with Crippen molar-refractivity contribution >= 4 is 28.4 Å². The average Bonchev–Trinajstić information content (AvgIpc) is 3.40. The first kappa shape index (κ1) is 23.5. The fraction of sp³-hybridized carbons (Fsp3) is 0.292. The van der Waals surface area contributed by atoms with Gasteiger partial charge in [0, 0.05) is 60.8 Å². The zero-order chi connectivity index (χ0) is 25.4. The normalized spacial score (nSPS) is 14.9. The molecule has 1 saturated heterocycles. The Morgan fingerprint density at radius 1 is 1.22 bits per heavy atom. The number of benzene rings is 1. The van der Waals surface area contributed by atoms with Crippen LogP contribution in [-0.4, -0.2) is 49.4 Å². The Balaban J connectivity index is 1.23. The van der Waals surface area contributed by atoms with Crippen molar-refractivity contribution in [1.29, 1.82) is 0 Å². The number of fused-ring (bicyclic) bond motifs is 1. The molecule has 0 spiro atoms. The molecule has 0 aliphatic carbocycles. The molecule has 3 aromatic heterocycles. The summed E-state index contributed by atoms with van der Waals surface area (Å²) in [5.41, 5.74) is 7.01. The minimum absolute atomic E-state index is 0.0282. The third kappa shape index (κ3) is 4.79. The number of imidazole rings is 1. The fourth-order valence-electron chi connectivity index (χ4n) is 4.14. The Morgan fingerprint density at radius 2 is 2.00 bits per heavy atom.